The number of hydrogen-bond donors (Lipinski definition) is 4. The van der Waals surface area contributed by atoms with E-state index in [1.54, 1.807) is 12.1 Å². The molecule has 1 unspecified atom stereocenters. The fourth-order valence-electron chi connectivity index (χ4n) is 3.72. The maximum absolute atomic E-state index is 12.3. The molecule has 7 nitrogen and oxygen atoms in total. The summed E-state index contributed by atoms with van der Waals surface area (Å²) in [4.78, 5) is 23.9. The van der Waals surface area contributed by atoms with Gasteiger partial charge in [0, 0.05) is 20.6 Å². The van der Waals surface area contributed by atoms with E-state index in [2.05, 4.69) is 44.1 Å². The van der Waals surface area contributed by atoms with E-state index in [0.29, 0.717) is 28.2 Å². The van der Waals surface area contributed by atoms with Crippen LogP contribution in [0.15, 0.2) is 54.6 Å². The highest BCUT2D eigenvalue weighted by atomic mass is 35.5. The molecule has 1 amide bonds. The standard InChI is InChI=1S/C26H32ClNO4.C2H2.2CH4O/c1-17(19(3)21-11-6-5-7-12-21)10-8-9-13-24(29)28-23(26(30)31)16-20-14-18(2)25(32-4)22(27)15-20;3*1-2/h5-7,9,11-15,17,19,23H,8,10,16H2,1-4H3,(H,28,29)(H,30,31);1-2H;2*2H,1H3/b13-9+;;;/t17-,19?,23+;;;/m0.../s1. The number of halogens is 1. The normalized spacial score (nSPS) is 12.2. The third-order valence-corrected chi connectivity index (χ3v) is 6.07. The van der Waals surface area contributed by atoms with Crippen LogP contribution in [0.3, 0.4) is 0 Å². The number of hydrogen-bond acceptors (Lipinski definition) is 5. The average molecular weight is 548 g/mol. The number of benzene rings is 2. The number of terminal acetylenes is 1. The summed E-state index contributed by atoms with van der Waals surface area (Å²) in [6.07, 6.45) is 13.0. The molecule has 0 saturated heterocycles. The zero-order chi connectivity index (χ0) is 29.7. The van der Waals surface area contributed by atoms with Gasteiger partial charge in [-0.25, -0.2) is 4.79 Å². The second-order valence-corrected chi connectivity index (χ2v) is 8.59. The first-order valence-electron chi connectivity index (χ1n) is 12.0. The van der Waals surface area contributed by atoms with E-state index in [1.165, 1.54) is 18.7 Å². The zero-order valence-electron chi connectivity index (χ0n) is 23.1. The third kappa shape index (κ3) is 13.3. The molecule has 0 radical (unpaired) electrons. The number of aliphatic hydroxyl groups excluding tert-OH is 2. The Morgan fingerprint density at radius 1 is 1.08 bits per heavy atom. The van der Waals surface area contributed by atoms with Crippen molar-refractivity contribution in [3.05, 3.63) is 76.3 Å². The van der Waals surface area contributed by atoms with Crippen LogP contribution >= 0.6 is 11.6 Å². The van der Waals surface area contributed by atoms with Crippen LogP contribution in [0.4, 0.5) is 0 Å². The van der Waals surface area contributed by atoms with E-state index in [-0.39, 0.29) is 6.42 Å². The summed E-state index contributed by atoms with van der Waals surface area (Å²) in [6.45, 7) is 6.25. The topological polar surface area (TPSA) is 116 Å². The van der Waals surface area contributed by atoms with Crippen molar-refractivity contribution >= 4 is 23.5 Å². The molecule has 2 aromatic carbocycles. The number of rotatable bonds is 11. The predicted octanol–water partition coefficient (Wildman–Crippen LogP) is 5.01. The number of ether oxygens (including phenoxy) is 1. The molecule has 2 aromatic rings. The first kappa shape index (κ1) is 36.8. The Hall–Kier alpha value is -3.31. The number of carboxylic acid groups (broad SMARTS) is 1. The second kappa shape index (κ2) is 21.7. The van der Waals surface area contributed by atoms with Gasteiger partial charge in [-0.3, -0.25) is 4.79 Å². The Balaban J connectivity index is 0. The van der Waals surface area contributed by atoms with Gasteiger partial charge in [0.2, 0.25) is 5.91 Å². The lowest BCUT2D eigenvalue weighted by atomic mass is 9.86. The first-order chi connectivity index (χ1) is 18.2. The van der Waals surface area contributed by atoms with Crippen LogP contribution in [0.5, 0.6) is 5.75 Å². The van der Waals surface area contributed by atoms with Crippen LogP contribution < -0.4 is 10.1 Å². The molecule has 38 heavy (non-hydrogen) atoms. The highest BCUT2D eigenvalue weighted by Crippen LogP contribution is 2.30. The second-order valence-electron chi connectivity index (χ2n) is 8.19. The van der Waals surface area contributed by atoms with Crippen LogP contribution in [0.1, 0.15) is 49.3 Å². The van der Waals surface area contributed by atoms with Gasteiger partial charge in [-0.1, -0.05) is 67.9 Å². The quantitative estimate of drug-likeness (QED) is 0.232. The lowest BCUT2D eigenvalue weighted by Gasteiger charge is -2.19. The summed E-state index contributed by atoms with van der Waals surface area (Å²) in [5, 5.41) is 26.5. The lowest BCUT2D eigenvalue weighted by molar-refractivity contribution is -0.141. The van der Waals surface area contributed by atoms with Gasteiger partial charge in [0.1, 0.15) is 11.8 Å². The van der Waals surface area contributed by atoms with Crippen LogP contribution in [0, 0.1) is 25.7 Å². The SMILES string of the molecule is C#C.CO.CO.COc1c(C)cc(C[C@@H](NC(=O)/C=C/CC[C@H](C)C(C)c2ccccc2)C(=O)O)cc1Cl. The number of aliphatic hydroxyl groups is 2. The van der Waals surface area contributed by atoms with Crippen molar-refractivity contribution in [1.82, 2.24) is 5.32 Å². The molecule has 0 aliphatic carbocycles. The van der Waals surface area contributed by atoms with Crippen molar-refractivity contribution in [2.75, 3.05) is 21.3 Å². The fourth-order valence-corrected chi connectivity index (χ4v) is 4.08. The fraction of sp³-hybridized carbons (Fsp3) is 0.400. The summed E-state index contributed by atoms with van der Waals surface area (Å²) < 4.78 is 5.23. The van der Waals surface area contributed by atoms with Crippen molar-refractivity contribution in [3.63, 3.8) is 0 Å². The lowest BCUT2D eigenvalue weighted by Crippen LogP contribution is -2.41. The Labute approximate surface area is 232 Å². The molecular weight excluding hydrogens is 506 g/mol. The van der Waals surface area contributed by atoms with Crippen molar-refractivity contribution in [2.24, 2.45) is 5.92 Å². The number of allylic oxidation sites excluding steroid dienone is 1. The Morgan fingerprint density at radius 2 is 1.66 bits per heavy atom. The molecule has 0 aromatic heterocycles. The summed E-state index contributed by atoms with van der Waals surface area (Å²) in [5.41, 5.74) is 2.83. The van der Waals surface area contributed by atoms with Gasteiger partial charge in [0.15, 0.2) is 0 Å². The van der Waals surface area contributed by atoms with E-state index in [4.69, 9.17) is 26.6 Å². The van der Waals surface area contributed by atoms with Gasteiger partial charge in [-0.2, -0.15) is 0 Å². The number of amides is 1. The monoisotopic (exact) mass is 547 g/mol. The van der Waals surface area contributed by atoms with Gasteiger partial charge in [-0.15, -0.1) is 12.8 Å². The summed E-state index contributed by atoms with van der Waals surface area (Å²) in [6, 6.07) is 12.8. The van der Waals surface area contributed by atoms with Gasteiger partial charge in [-0.05, 0) is 60.4 Å². The van der Waals surface area contributed by atoms with Crippen molar-refractivity contribution in [1.29, 1.82) is 0 Å². The number of carbonyl (C=O) groups is 2. The van der Waals surface area contributed by atoms with E-state index in [1.807, 2.05) is 31.2 Å². The molecule has 0 fully saturated rings. The largest absolute Gasteiger partial charge is 0.495 e. The van der Waals surface area contributed by atoms with E-state index < -0.39 is 17.9 Å². The predicted molar refractivity (Wildman–Crippen MR) is 155 cm³/mol. The highest BCUT2D eigenvalue weighted by molar-refractivity contribution is 6.32. The van der Waals surface area contributed by atoms with E-state index >= 15 is 0 Å². The molecule has 0 saturated carbocycles. The Morgan fingerprint density at radius 3 is 2.16 bits per heavy atom. The highest BCUT2D eigenvalue weighted by Gasteiger charge is 2.21. The average Bonchev–Trinajstić information content (AvgIpc) is 2.94. The minimum Gasteiger partial charge on any atom is -0.495 e. The summed E-state index contributed by atoms with van der Waals surface area (Å²) >= 11 is 6.20. The van der Waals surface area contributed by atoms with Gasteiger partial charge >= 0.3 is 5.97 Å². The molecule has 0 aliphatic heterocycles. The van der Waals surface area contributed by atoms with Crippen molar-refractivity contribution in [2.45, 2.75) is 52.0 Å². The molecule has 8 heteroatoms. The molecule has 0 aliphatic rings. The number of nitrogens with one attached hydrogen (secondary N) is 1. The zero-order valence-corrected chi connectivity index (χ0v) is 23.9. The number of carboxylic acids is 1. The third-order valence-electron chi connectivity index (χ3n) is 5.78. The summed E-state index contributed by atoms with van der Waals surface area (Å²) in [5.74, 6) is -0.0706. The van der Waals surface area contributed by atoms with Gasteiger partial charge in [0.25, 0.3) is 0 Å². The number of methoxy groups -OCH3 is 1. The van der Waals surface area contributed by atoms with Crippen LogP contribution in [0.2, 0.25) is 5.02 Å². The van der Waals surface area contributed by atoms with Crippen LogP contribution in [-0.2, 0) is 16.0 Å². The number of carbonyl (C=O) groups excluding carboxylic acids is 1. The van der Waals surface area contributed by atoms with E-state index in [0.717, 1.165) is 32.6 Å². The maximum atomic E-state index is 12.3. The number of aryl methyl sites for hydroxylation is 1. The Kier molecular flexibility index (Phi) is 21.1. The van der Waals surface area contributed by atoms with Crippen LogP contribution in [0.25, 0.3) is 0 Å². The molecule has 210 valence electrons. The molecule has 0 heterocycles. The molecular formula is C30H42ClNO6. The van der Waals surface area contributed by atoms with Crippen molar-refractivity contribution < 1.29 is 29.6 Å². The molecule has 0 bridgehead atoms. The van der Waals surface area contributed by atoms with Gasteiger partial charge < -0.3 is 25.4 Å². The van der Waals surface area contributed by atoms with Crippen LogP contribution in [-0.4, -0.2) is 54.6 Å². The van der Waals surface area contributed by atoms with Gasteiger partial charge in [0.05, 0.1) is 12.1 Å². The molecule has 4 N–H and O–H groups in total. The van der Waals surface area contributed by atoms with Crippen molar-refractivity contribution in [3.8, 4) is 18.6 Å². The number of aliphatic carboxylic acids is 1. The summed E-state index contributed by atoms with van der Waals surface area (Å²) in [7, 11) is 3.53. The van der Waals surface area contributed by atoms with E-state index in [9.17, 15) is 14.7 Å². The first-order valence-corrected chi connectivity index (χ1v) is 12.4. The molecule has 3 atom stereocenters. The Bertz CT molecular complexity index is 968. The maximum Gasteiger partial charge on any atom is 0.326 e. The smallest absolute Gasteiger partial charge is 0.326 e. The molecule has 2 rings (SSSR count). The molecule has 0 spiro atoms. The minimum atomic E-state index is -1.10. The minimum absolute atomic E-state index is 0.130.